The number of ether oxygens (including phenoxy) is 2. The van der Waals surface area contributed by atoms with Gasteiger partial charge >= 0.3 is 5.97 Å². The lowest BCUT2D eigenvalue weighted by Gasteiger charge is -2.11. The molecule has 0 N–H and O–H groups in total. The van der Waals surface area contributed by atoms with Crippen molar-refractivity contribution in [3.63, 3.8) is 0 Å². The Hall–Kier alpha value is -1.51. The van der Waals surface area contributed by atoms with E-state index < -0.39 is 0 Å². The molecule has 3 heteroatoms. The summed E-state index contributed by atoms with van der Waals surface area (Å²) in [6.45, 7) is 5.78. The van der Waals surface area contributed by atoms with Gasteiger partial charge in [0.2, 0.25) is 0 Å². The molecule has 0 amide bonds. The van der Waals surface area contributed by atoms with Crippen LogP contribution in [0.1, 0.15) is 29.5 Å². The number of fused-ring (bicyclic) bond motifs is 1. The predicted octanol–water partition coefficient (Wildman–Crippen LogP) is 2.33. The number of esters is 1. The topological polar surface area (TPSA) is 35.5 Å². The Labute approximate surface area is 89.0 Å². The van der Waals surface area contributed by atoms with E-state index in [0.717, 1.165) is 22.4 Å². The molecule has 1 aromatic rings. The van der Waals surface area contributed by atoms with Crippen LogP contribution in [0, 0.1) is 13.8 Å². The highest BCUT2D eigenvalue weighted by Gasteiger charge is 2.34. The monoisotopic (exact) mass is 206 g/mol. The SMILES string of the molecule is COc1cc(C)c(C)c2c1C(C)C(=O)O2. The van der Waals surface area contributed by atoms with Crippen LogP contribution in [0.25, 0.3) is 0 Å². The average Bonchev–Trinajstić information content (AvgIpc) is 2.50. The summed E-state index contributed by atoms with van der Waals surface area (Å²) < 4.78 is 10.5. The van der Waals surface area contributed by atoms with Crippen molar-refractivity contribution in [2.75, 3.05) is 7.11 Å². The number of methoxy groups -OCH3 is 1. The van der Waals surface area contributed by atoms with Crippen LogP contribution in [0.5, 0.6) is 11.5 Å². The van der Waals surface area contributed by atoms with Crippen LogP contribution < -0.4 is 9.47 Å². The average molecular weight is 206 g/mol. The van der Waals surface area contributed by atoms with Crippen molar-refractivity contribution in [2.45, 2.75) is 26.7 Å². The first-order valence-corrected chi connectivity index (χ1v) is 4.96. The first-order chi connectivity index (χ1) is 7.06. The zero-order valence-corrected chi connectivity index (χ0v) is 9.38. The van der Waals surface area contributed by atoms with Crippen LogP contribution in [0.4, 0.5) is 0 Å². The Morgan fingerprint density at radius 2 is 2.07 bits per heavy atom. The van der Waals surface area contributed by atoms with Crippen molar-refractivity contribution in [1.29, 1.82) is 0 Å². The molecule has 1 aliphatic heterocycles. The van der Waals surface area contributed by atoms with E-state index in [2.05, 4.69) is 0 Å². The Kier molecular flexibility index (Phi) is 2.18. The zero-order valence-electron chi connectivity index (χ0n) is 9.38. The smallest absolute Gasteiger partial charge is 0.318 e. The molecule has 0 bridgehead atoms. The quantitative estimate of drug-likeness (QED) is 0.522. The summed E-state index contributed by atoms with van der Waals surface area (Å²) in [6, 6.07) is 1.95. The van der Waals surface area contributed by atoms with Crippen LogP contribution in [-0.4, -0.2) is 13.1 Å². The summed E-state index contributed by atoms with van der Waals surface area (Å²) in [5.41, 5.74) is 2.97. The summed E-state index contributed by atoms with van der Waals surface area (Å²) in [4.78, 5) is 11.5. The summed E-state index contributed by atoms with van der Waals surface area (Å²) in [6.07, 6.45) is 0. The second-order valence-corrected chi connectivity index (χ2v) is 3.91. The Morgan fingerprint density at radius 3 is 2.67 bits per heavy atom. The molecule has 0 spiro atoms. The van der Waals surface area contributed by atoms with E-state index in [1.165, 1.54) is 0 Å². The van der Waals surface area contributed by atoms with Gasteiger partial charge in [0.15, 0.2) is 0 Å². The van der Waals surface area contributed by atoms with Gasteiger partial charge < -0.3 is 9.47 Å². The van der Waals surface area contributed by atoms with Gasteiger partial charge in [-0.2, -0.15) is 0 Å². The van der Waals surface area contributed by atoms with Gasteiger partial charge in [0.25, 0.3) is 0 Å². The van der Waals surface area contributed by atoms with E-state index in [1.54, 1.807) is 7.11 Å². The van der Waals surface area contributed by atoms with Gasteiger partial charge in [-0.15, -0.1) is 0 Å². The molecule has 1 atom stereocenters. The molecule has 1 unspecified atom stereocenters. The molecule has 0 saturated heterocycles. The van der Waals surface area contributed by atoms with Gasteiger partial charge in [0, 0.05) is 0 Å². The van der Waals surface area contributed by atoms with E-state index in [9.17, 15) is 4.79 Å². The maximum atomic E-state index is 11.5. The number of rotatable bonds is 1. The van der Waals surface area contributed by atoms with Gasteiger partial charge in [-0.25, -0.2) is 0 Å². The normalized spacial score (nSPS) is 18.7. The molecule has 0 saturated carbocycles. The second-order valence-electron chi connectivity index (χ2n) is 3.91. The summed E-state index contributed by atoms with van der Waals surface area (Å²) in [5, 5.41) is 0. The molecule has 1 aromatic carbocycles. The molecule has 15 heavy (non-hydrogen) atoms. The maximum absolute atomic E-state index is 11.5. The van der Waals surface area contributed by atoms with Gasteiger partial charge in [-0.1, -0.05) is 0 Å². The molecular weight excluding hydrogens is 192 g/mol. The largest absolute Gasteiger partial charge is 0.496 e. The van der Waals surface area contributed by atoms with Gasteiger partial charge in [-0.3, -0.25) is 4.79 Å². The lowest BCUT2D eigenvalue weighted by molar-refractivity contribution is -0.133. The Balaban J connectivity index is 2.71. The zero-order chi connectivity index (χ0) is 11.2. The van der Waals surface area contributed by atoms with Gasteiger partial charge in [0.1, 0.15) is 11.5 Å². The molecule has 1 aliphatic rings. The Morgan fingerprint density at radius 1 is 1.40 bits per heavy atom. The minimum Gasteiger partial charge on any atom is -0.496 e. The highest BCUT2D eigenvalue weighted by molar-refractivity contribution is 5.88. The van der Waals surface area contributed by atoms with Crippen LogP contribution >= 0.6 is 0 Å². The van der Waals surface area contributed by atoms with E-state index in [1.807, 2.05) is 26.8 Å². The molecule has 0 fully saturated rings. The first-order valence-electron chi connectivity index (χ1n) is 4.96. The fourth-order valence-corrected chi connectivity index (χ4v) is 1.89. The van der Waals surface area contributed by atoms with E-state index in [0.29, 0.717) is 5.75 Å². The van der Waals surface area contributed by atoms with E-state index in [4.69, 9.17) is 9.47 Å². The van der Waals surface area contributed by atoms with Crippen molar-refractivity contribution >= 4 is 5.97 Å². The van der Waals surface area contributed by atoms with Crippen molar-refractivity contribution in [2.24, 2.45) is 0 Å². The fraction of sp³-hybridized carbons (Fsp3) is 0.417. The van der Waals surface area contributed by atoms with Crippen LogP contribution in [0.3, 0.4) is 0 Å². The highest BCUT2D eigenvalue weighted by Crippen LogP contribution is 2.44. The number of carbonyl (C=O) groups is 1. The summed E-state index contributed by atoms with van der Waals surface area (Å²) in [5.74, 6) is 1.00. The molecule has 0 aliphatic carbocycles. The number of hydrogen-bond acceptors (Lipinski definition) is 3. The number of benzene rings is 1. The van der Waals surface area contributed by atoms with E-state index >= 15 is 0 Å². The molecule has 80 valence electrons. The van der Waals surface area contributed by atoms with Gasteiger partial charge in [0.05, 0.1) is 18.6 Å². The predicted molar refractivity (Wildman–Crippen MR) is 56.5 cm³/mol. The molecule has 0 radical (unpaired) electrons. The maximum Gasteiger partial charge on any atom is 0.318 e. The molecule has 3 nitrogen and oxygen atoms in total. The van der Waals surface area contributed by atoms with E-state index in [-0.39, 0.29) is 11.9 Å². The van der Waals surface area contributed by atoms with Crippen molar-refractivity contribution in [1.82, 2.24) is 0 Å². The third kappa shape index (κ3) is 1.30. The third-order valence-electron chi connectivity index (χ3n) is 3.00. The van der Waals surface area contributed by atoms with Crippen LogP contribution in [0.2, 0.25) is 0 Å². The van der Waals surface area contributed by atoms with Crippen molar-refractivity contribution in [3.8, 4) is 11.5 Å². The lowest BCUT2D eigenvalue weighted by Crippen LogP contribution is -2.06. The summed E-state index contributed by atoms with van der Waals surface area (Å²) in [7, 11) is 1.61. The second kappa shape index (κ2) is 3.26. The first kappa shape index (κ1) is 10.0. The molecule has 1 heterocycles. The highest BCUT2D eigenvalue weighted by atomic mass is 16.5. The Bertz CT molecular complexity index is 435. The fourth-order valence-electron chi connectivity index (χ4n) is 1.89. The minimum atomic E-state index is -0.228. The standard InChI is InChI=1S/C12H14O3/c1-6-5-9(14-4)10-8(3)12(13)15-11(10)7(6)2/h5,8H,1-4H3. The summed E-state index contributed by atoms with van der Waals surface area (Å²) >= 11 is 0. The third-order valence-corrected chi connectivity index (χ3v) is 3.00. The minimum absolute atomic E-state index is 0.197. The van der Waals surface area contributed by atoms with Crippen molar-refractivity contribution < 1.29 is 14.3 Å². The lowest BCUT2D eigenvalue weighted by atomic mass is 9.97. The number of aryl methyl sites for hydroxylation is 1. The number of carbonyl (C=O) groups excluding carboxylic acids is 1. The molecule has 0 aromatic heterocycles. The van der Waals surface area contributed by atoms with Crippen LogP contribution in [-0.2, 0) is 4.79 Å². The molecular formula is C12H14O3. The number of hydrogen-bond donors (Lipinski definition) is 0. The van der Waals surface area contributed by atoms with Gasteiger partial charge in [-0.05, 0) is 38.0 Å². The molecule has 2 rings (SSSR count). The van der Waals surface area contributed by atoms with Crippen LogP contribution in [0.15, 0.2) is 6.07 Å². The van der Waals surface area contributed by atoms with Crippen molar-refractivity contribution in [3.05, 3.63) is 22.8 Å².